The van der Waals surface area contributed by atoms with Gasteiger partial charge in [-0.2, -0.15) is 0 Å². The second-order valence-electron chi connectivity index (χ2n) is 5.87. The van der Waals surface area contributed by atoms with Crippen molar-refractivity contribution in [3.63, 3.8) is 0 Å². The Labute approximate surface area is 123 Å². The second kappa shape index (κ2) is 9.78. The van der Waals surface area contributed by atoms with Crippen LogP contribution in [0.1, 0.15) is 38.7 Å². The molecule has 20 heavy (non-hydrogen) atoms. The summed E-state index contributed by atoms with van der Waals surface area (Å²) >= 11 is 0. The van der Waals surface area contributed by atoms with E-state index in [1.54, 1.807) is 0 Å². The molecule has 1 aromatic rings. The standard InChI is InChI=1S/C17H29NO2/c1-14(2)6-4-5-11-18-12-16(19)13-20-17-9-7-15(3)8-10-17/h7-10,14,16,18-19H,4-6,11-13H2,1-3H3. The quantitative estimate of drug-likeness (QED) is 0.646. The molecule has 0 bridgehead atoms. The highest BCUT2D eigenvalue weighted by atomic mass is 16.5. The molecule has 0 amide bonds. The fourth-order valence-electron chi connectivity index (χ4n) is 1.96. The third-order valence-corrected chi connectivity index (χ3v) is 3.23. The average Bonchev–Trinajstić information content (AvgIpc) is 2.41. The summed E-state index contributed by atoms with van der Waals surface area (Å²) in [5.41, 5.74) is 1.21. The van der Waals surface area contributed by atoms with Gasteiger partial charge in [-0.15, -0.1) is 0 Å². The van der Waals surface area contributed by atoms with E-state index in [1.165, 1.54) is 24.8 Å². The Morgan fingerprint density at radius 2 is 1.85 bits per heavy atom. The van der Waals surface area contributed by atoms with Crippen LogP contribution in [0.5, 0.6) is 5.75 Å². The first kappa shape index (κ1) is 17.0. The minimum Gasteiger partial charge on any atom is -0.491 e. The molecule has 1 unspecified atom stereocenters. The SMILES string of the molecule is Cc1ccc(OCC(O)CNCCCCC(C)C)cc1. The molecule has 0 aliphatic heterocycles. The van der Waals surface area contributed by atoms with E-state index >= 15 is 0 Å². The smallest absolute Gasteiger partial charge is 0.119 e. The summed E-state index contributed by atoms with van der Waals surface area (Å²) in [7, 11) is 0. The van der Waals surface area contributed by atoms with Crippen molar-refractivity contribution >= 4 is 0 Å². The molecule has 0 heterocycles. The van der Waals surface area contributed by atoms with Crippen molar-refractivity contribution in [3.05, 3.63) is 29.8 Å². The minimum absolute atomic E-state index is 0.335. The first-order chi connectivity index (χ1) is 9.58. The van der Waals surface area contributed by atoms with E-state index in [1.807, 2.05) is 31.2 Å². The number of ether oxygens (including phenoxy) is 1. The molecule has 0 radical (unpaired) electrons. The Morgan fingerprint density at radius 1 is 1.15 bits per heavy atom. The summed E-state index contributed by atoms with van der Waals surface area (Å²) in [4.78, 5) is 0. The maximum absolute atomic E-state index is 9.82. The largest absolute Gasteiger partial charge is 0.491 e. The lowest BCUT2D eigenvalue weighted by Crippen LogP contribution is -2.32. The number of rotatable bonds is 10. The van der Waals surface area contributed by atoms with Crippen molar-refractivity contribution in [2.24, 2.45) is 5.92 Å². The van der Waals surface area contributed by atoms with E-state index in [2.05, 4.69) is 19.2 Å². The van der Waals surface area contributed by atoms with Gasteiger partial charge in [0.1, 0.15) is 18.5 Å². The van der Waals surface area contributed by atoms with Crippen LogP contribution in [0.2, 0.25) is 0 Å². The molecule has 1 aromatic carbocycles. The van der Waals surface area contributed by atoms with Gasteiger partial charge in [-0.25, -0.2) is 0 Å². The first-order valence-electron chi connectivity index (χ1n) is 7.66. The molecule has 1 atom stereocenters. The Bertz CT molecular complexity index is 349. The first-order valence-corrected chi connectivity index (χ1v) is 7.66. The van der Waals surface area contributed by atoms with E-state index in [0.29, 0.717) is 13.2 Å². The number of hydrogen-bond acceptors (Lipinski definition) is 3. The van der Waals surface area contributed by atoms with Crippen LogP contribution in [-0.2, 0) is 0 Å². The maximum atomic E-state index is 9.82. The van der Waals surface area contributed by atoms with Crippen molar-refractivity contribution in [2.45, 2.75) is 46.1 Å². The van der Waals surface area contributed by atoms with Crippen LogP contribution in [-0.4, -0.2) is 30.9 Å². The van der Waals surface area contributed by atoms with Crippen LogP contribution >= 0.6 is 0 Å². The molecule has 114 valence electrons. The zero-order valence-electron chi connectivity index (χ0n) is 13.1. The molecule has 3 heteroatoms. The molecular weight excluding hydrogens is 250 g/mol. The van der Waals surface area contributed by atoms with E-state index in [-0.39, 0.29) is 0 Å². The van der Waals surface area contributed by atoms with Crippen molar-refractivity contribution < 1.29 is 9.84 Å². The van der Waals surface area contributed by atoms with Gasteiger partial charge in [0, 0.05) is 6.54 Å². The highest BCUT2D eigenvalue weighted by Crippen LogP contribution is 2.11. The van der Waals surface area contributed by atoms with Gasteiger partial charge in [0.15, 0.2) is 0 Å². The molecule has 0 aliphatic rings. The summed E-state index contributed by atoms with van der Waals surface area (Å²) in [6.07, 6.45) is 3.24. The minimum atomic E-state index is -0.457. The van der Waals surface area contributed by atoms with Gasteiger partial charge in [-0.05, 0) is 37.9 Å². The summed E-state index contributed by atoms with van der Waals surface area (Å²) in [5.74, 6) is 1.59. The predicted octanol–water partition coefficient (Wildman–Crippen LogP) is 3.15. The molecule has 3 nitrogen and oxygen atoms in total. The predicted molar refractivity (Wildman–Crippen MR) is 84.2 cm³/mol. The van der Waals surface area contributed by atoms with Crippen LogP contribution < -0.4 is 10.1 Å². The lowest BCUT2D eigenvalue weighted by atomic mass is 10.1. The lowest BCUT2D eigenvalue weighted by Gasteiger charge is -2.13. The second-order valence-corrected chi connectivity index (χ2v) is 5.87. The fraction of sp³-hybridized carbons (Fsp3) is 0.647. The average molecular weight is 279 g/mol. The van der Waals surface area contributed by atoms with Gasteiger partial charge in [0.25, 0.3) is 0 Å². The monoisotopic (exact) mass is 279 g/mol. The van der Waals surface area contributed by atoms with Crippen molar-refractivity contribution in [1.82, 2.24) is 5.32 Å². The number of hydrogen-bond donors (Lipinski definition) is 2. The Kier molecular flexibility index (Phi) is 8.31. The van der Waals surface area contributed by atoms with E-state index in [9.17, 15) is 5.11 Å². The molecule has 0 aliphatic carbocycles. The van der Waals surface area contributed by atoms with Crippen LogP contribution in [0.4, 0.5) is 0 Å². The van der Waals surface area contributed by atoms with Crippen molar-refractivity contribution in [1.29, 1.82) is 0 Å². The van der Waals surface area contributed by atoms with Gasteiger partial charge in [-0.1, -0.05) is 44.4 Å². The number of aliphatic hydroxyl groups is 1. The summed E-state index contributed by atoms with van der Waals surface area (Å²) in [6, 6.07) is 7.88. The van der Waals surface area contributed by atoms with Gasteiger partial charge in [-0.3, -0.25) is 0 Å². The topological polar surface area (TPSA) is 41.5 Å². The number of aryl methyl sites for hydroxylation is 1. The molecule has 0 fully saturated rings. The van der Waals surface area contributed by atoms with Crippen LogP contribution in [0, 0.1) is 12.8 Å². The molecule has 0 aromatic heterocycles. The van der Waals surface area contributed by atoms with Gasteiger partial charge in [0.2, 0.25) is 0 Å². The van der Waals surface area contributed by atoms with Gasteiger partial charge in [0.05, 0.1) is 0 Å². The summed E-state index contributed by atoms with van der Waals surface area (Å²) in [6.45, 7) is 8.44. The van der Waals surface area contributed by atoms with Gasteiger partial charge < -0.3 is 15.2 Å². The van der Waals surface area contributed by atoms with Crippen LogP contribution in [0.25, 0.3) is 0 Å². The van der Waals surface area contributed by atoms with E-state index in [4.69, 9.17) is 4.74 Å². The van der Waals surface area contributed by atoms with Gasteiger partial charge >= 0.3 is 0 Å². The Morgan fingerprint density at radius 3 is 2.50 bits per heavy atom. The maximum Gasteiger partial charge on any atom is 0.119 e. The lowest BCUT2D eigenvalue weighted by molar-refractivity contribution is 0.106. The molecular formula is C17H29NO2. The molecule has 0 saturated heterocycles. The third kappa shape index (κ3) is 8.18. The summed E-state index contributed by atoms with van der Waals surface area (Å²) < 4.78 is 5.54. The Balaban J connectivity index is 2.03. The number of unbranched alkanes of at least 4 members (excludes halogenated alkanes) is 1. The van der Waals surface area contributed by atoms with Crippen LogP contribution in [0.15, 0.2) is 24.3 Å². The molecule has 0 spiro atoms. The molecule has 0 saturated carbocycles. The third-order valence-electron chi connectivity index (χ3n) is 3.23. The number of aliphatic hydroxyl groups excluding tert-OH is 1. The zero-order chi connectivity index (χ0) is 14.8. The highest BCUT2D eigenvalue weighted by molar-refractivity contribution is 5.26. The van der Waals surface area contributed by atoms with E-state index in [0.717, 1.165) is 18.2 Å². The summed E-state index contributed by atoms with van der Waals surface area (Å²) in [5, 5.41) is 13.1. The normalized spacial score (nSPS) is 12.7. The number of benzene rings is 1. The van der Waals surface area contributed by atoms with Crippen LogP contribution in [0.3, 0.4) is 0 Å². The van der Waals surface area contributed by atoms with E-state index < -0.39 is 6.10 Å². The van der Waals surface area contributed by atoms with Crippen molar-refractivity contribution in [2.75, 3.05) is 19.7 Å². The highest BCUT2D eigenvalue weighted by Gasteiger charge is 2.04. The van der Waals surface area contributed by atoms with Crippen molar-refractivity contribution in [3.8, 4) is 5.75 Å². The molecule has 2 N–H and O–H groups in total. The number of nitrogens with one attached hydrogen (secondary N) is 1. The Hall–Kier alpha value is -1.06. The fourth-order valence-corrected chi connectivity index (χ4v) is 1.96. The zero-order valence-corrected chi connectivity index (χ0v) is 13.1. The molecule has 1 rings (SSSR count).